The van der Waals surface area contributed by atoms with Crippen molar-refractivity contribution in [3.8, 4) is 0 Å². The van der Waals surface area contributed by atoms with Crippen LogP contribution in [0.25, 0.3) is 0 Å². The van der Waals surface area contributed by atoms with Crippen molar-refractivity contribution in [2.75, 3.05) is 52.6 Å². The Labute approximate surface area is 413 Å². The number of amides is 6. The van der Waals surface area contributed by atoms with E-state index in [1.54, 1.807) is 0 Å². The van der Waals surface area contributed by atoms with Gasteiger partial charge >= 0.3 is 12.1 Å². The normalized spacial score (nSPS) is 22.6. The summed E-state index contributed by atoms with van der Waals surface area (Å²) in [5, 5.41) is 28.6. The van der Waals surface area contributed by atoms with E-state index in [9.17, 15) is 29.4 Å². The minimum absolute atomic E-state index is 0.103. The van der Waals surface area contributed by atoms with Crippen molar-refractivity contribution in [3.05, 3.63) is 0 Å². The fourth-order valence-corrected chi connectivity index (χ4v) is 12.9. The van der Waals surface area contributed by atoms with E-state index < -0.39 is 45.4 Å². The number of carbonyl (C=O) groups is 4. The number of rotatable bonds is 33. The number of hydrogen-bond donors (Lipinski definition) is 4. The molecule has 394 valence electrons. The van der Waals surface area contributed by atoms with Gasteiger partial charge in [-0.2, -0.15) is 0 Å². The predicted molar refractivity (Wildman–Crippen MR) is 271 cm³/mol. The van der Waals surface area contributed by atoms with Gasteiger partial charge in [0, 0.05) is 48.3 Å². The lowest BCUT2D eigenvalue weighted by atomic mass is 9.68. The van der Waals surface area contributed by atoms with Crippen LogP contribution in [-0.2, 0) is 19.1 Å². The van der Waals surface area contributed by atoms with Crippen molar-refractivity contribution < 1.29 is 38.9 Å². The zero-order valence-electron chi connectivity index (χ0n) is 44.9. The molecule has 0 bridgehead atoms. The molecule has 0 aliphatic carbocycles. The molecule has 2 atom stereocenters. The minimum atomic E-state index is -0.968. The molecule has 4 fully saturated rings. The molecule has 0 aromatic carbocycles. The molecular formula is C54H100N6O8. The Morgan fingerprint density at radius 3 is 1.00 bits per heavy atom. The van der Waals surface area contributed by atoms with E-state index in [4.69, 9.17) is 9.47 Å². The third-order valence-corrected chi connectivity index (χ3v) is 15.6. The molecule has 0 aromatic heterocycles. The second-order valence-corrected chi connectivity index (χ2v) is 23.9. The average molecular weight is 961 g/mol. The number of aliphatic hydroxyl groups is 2. The Balaban J connectivity index is 1.14. The average Bonchev–Trinajstić information content (AvgIpc) is 3.59. The second-order valence-electron chi connectivity index (χ2n) is 23.9. The molecule has 4 saturated heterocycles. The lowest BCUT2D eigenvalue weighted by Crippen LogP contribution is -2.70. The molecule has 2 unspecified atom stereocenters. The molecule has 4 heterocycles. The Bertz CT molecular complexity index is 1440. The first kappa shape index (κ1) is 58.2. The van der Waals surface area contributed by atoms with E-state index in [-0.39, 0.29) is 50.3 Å². The smallest absolute Gasteiger partial charge is 0.325 e. The second kappa shape index (κ2) is 26.4. The van der Waals surface area contributed by atoms with Crippen LogP contribution in [0.5, 0.6) is 0 Å². The molecule has 0 aromatic rings. The molecule has 14 heteroatoms. The van der Waals surface area contributed by atoms with Crippen molar-refractivity contribution in [1.82, 2.24) is 30.2 Å². The van der Waals surface area contributed by atoms with E-state index in [0.717, 1.165) is 38.5 Å². The quantitative estimate of drug-likeness (QED) is 0.0368. The van der Waals surface area contributed by atoms with E-state index in [1.807, 2.05) is 0 Å². The highest BCUT2D eigenvalue weighted by molar-refractivity contribution is 6.08. The van der Waals surface area contributed by atoms with Gasteiger partial charge in [0.1, 0.15) is 11.1 Å². The number of piperidine rings is 2. The standard InChI is InChI=1S/C54H100N6O8/c1-11-13-15-17-19-21-23-25-27-29-31-57-45(63)53(55-47(57)65)39-49(3,4)59(50(5,6)40-53)35-43(61)37-67-33-34-68-38-44(62)36-60-51(7,8)41-54(42-52(60,9)10)46(64)58(48(66)56-54)32-30-28-26-24-22-20-18-16-14-12-2/h43-44,61-62H,11-42H2,1-10H3,(H,55,65)(H,56,66). The van der Waals surface area contributed by atoms with Crippen molar-refractivity contribution in [1.29, 1.82) is 0 Å². The van der Waals surface area contributed by atoms with Crippen LogP contribution < -0.4 is 10.6 Å². The molecule has 4 rings (SSSR count). The van der Waals surface area contributed by atoms with Crippen LogP contribution >= 0.6 is 0 Å². The first-order valence-corrected chi connectivity index (χ1v) is 27.4. The van der Waals surface area contributed by atoms with E-state index in [2.05, 4.69) is 89.7 Å². The maximum Gasteiger partial charge on any atom is 0.325 e. The van der Waals surface area contributed by atoms with Gasteiger partial charge in [-0.05, 0) is 93.9 Å². The van der Waals surface area contributed by atoms with Gasteiger partial charge in [-0.25, -0.2) is 9.59 Å². The van der Waals surface area contributed by atoms with Crippen LogP contribution in [0, 0.1) is 0 Å². The number of urea groups is 2. The molecule has 2 spiro atoms. The molecule has 14 nitrogen and oxygen atoms in total. The summed E-state index contributed by atoms with van der Waals surface area (Å²) in [5.41, 5.74) is -3.92. The van der Waals surface area contributed by atoms with Crippen molar-refractivity contribution in [3.63, 3.8) is 0 Å². The summed E-state index contributed by atoms with van der Waals surface area (Å²) < 4.78 is 11.7. The monoisotopic (exact) mass is 961 g/mol. The van der Waals surface area contributed by atoms with Crippen LogP contribution in [0.4, 0.5) is 9.59 Å². The number of ether oxygens (including phenoxy) is 2. The number of nitrogens with one attached hydrogen (secondary N) is 2. The molecule has 6 amide bonds. The van der Waals surface area contributed by atoms with Crippen LogP contribution in [-0.4, -0.2) is 152 Å². The molecule has 0 radical (unpaired) electrons. The number of aliphatic hydroxyl groups excluding tert-OH is 2. The van der Waals surface area contributed by atoms with Crippen molar-refractivity contribution in [2.45, 2.75) is 269 Å². The van der Waals surface area contributed by atoms with E-state index in [1.165, 1.54) is 99.7 Å². The minimum Gasteiger partial charge on any atom is -0.389 e. The molecule has 0 saturated carbocycles. The Hall–Kier alpha value is -2.36. The first-order chi connectivity index (χ1) is 32.1. The van der Waals surface area contributed by atoms with Gasteiger partial charge in [0.25, 0.3) is 11.8 Å². The largest absolute Gasteiger partial charge is 0.389 e. The SMILES string of the molecule is CCCCCCCCCCCCN1C(=O)NC2(CC(C)(C)N(CC(O)COCCOCC(O)CN3C(C)(C)CC4(CC3(C)C)NC(=O)N(CCCCCCCCCCCC)C4=O)C(C)(C)C2)C1=O. The van der Waals surface area contributed by atoms with Gasteiger partial charge in [-0.3, -0.25) is 29.2 Å². The zero-order valence-corrected chi connectivity index (χ0v) is 44.9. The highest BCUT2D eigenvalue weighted by atomic mass is 16.5. The topological polar surface area (TPSA) is 164 Å². The Kier molecular flexibility index (Phi) is 22.6. The number of carbonyl (C=O) groups excluding carboxylic acids is 4. The summed E-state index contributed by atoms with van der Waals surface area (Å²) in [6, 6.07) is -0.582. The summed E-state index contributed by atoms with van der Waals surface area (Å²) in [6.45, 7) is 23.4. The number of hydrogen-bond acceptors (Lipinski definition) is 10. The summed E-state index contributed by atoms with van der Waals surface area (Å²) in [7, 11) is 0. The zero-order chi connectivity index (χ0) is 50.2. The maximum absolute atomic E-state index is 14.0. The molecule has 4 aliphatic rings. The third kappa shape index (κ3) is 16.1. The van der Waals surface area contributed by atoms with Crippen molar-refractivity contribution >= 4 is 23.9 Å². The predicted octanol–water partition coefficient (Wildman–Crippen LogP) is 9.47. The fraction of sp³-hybridized carbons (Fsp3) is 0.926. The van der Waals surface area contributed by atoms with Crippen LogP contribution in [0.1, 0.15) is 223 Å². The van der Waals surface area contributed by atoms with Crippen LogP contribution in [0.15, 0.2) is 0 Å². The third-order valence-electron chi connectivity index (χ3n) is 15.6. The highest BCUT2D eigenvalue weighted by Crippen LogP contribution is 2.47. The Morgan fingerprint density at radius 1 is 0.456 bits per heavy atom. The number of unbranched alkanes of at least 4 members (excludes halogenated alkanes) is 18. The summed E-state index contributed by atoms with van der Waals surface area (Å²) >= 11 is 0. The van der Waals surface area contributed by atoms with Gasteiger partial charge in [0.15, 0.2) is 0 Å². The maximum atomic E-state index is 14.0. The lowest BCUT2D eigenvalue weighted by Gasteiger charge is -2.58. The van der Waals surface area contributed by atoms with Gasteiger partial charge < -0.3 is 30.3 Å². The number of β-amino-alcohol motifs (C(OH)–C–C–N with tert-alkyl or cyclic N) is 2. The molecular weight excluding hydrogens is 861 g/mol. The van der Waals surface area contributed by atoms with Gasteiger partial charge in [0.2, 0.25) is 0 Å². The number of likely N-dealkylation sites (tertiary alicyclic amines) is 2. The summed E-state index contributed by atoms with van der Waals surface area (Å²) in [6.07, 6.45) is 24.1. The van der Waals surface area contributed by atoms with E-state index >= 15 is 0 Å². The molecule has 68 heavy (non-hydrogen) atoms. The van der Waals surface area contributed by atoms with E-state index in [0.29, 0.717) is 51.9 Å². The number of nitrogens with zero attached hydrogens (tertiary/aromatic N) is 4. The van der Waals surface area contributed by atoms with Gasteiger partial charge in [-0.1, -0.05) is 129 Å². The summed E-state index contributed by atoms with van der Waals surface area (Å²) in [4.78, 5) is 61.7. The lowest BCUT2D eigenvalue weighted by molar-refractivity contribution is -0.144. The van der Waals surface area contributed by atoms with Gasteiger partial charge in [0.05, 0.1) is 38.6 Å². The summed E-state index contributed by atoms with van der Waals surface area (Å²) in [5.74, 6) is -0.247. The van der Waals surface area contributed by atoms with Crippen LogP contribution in [0.2, 0.25) is 0 Å². The van der Waals surface area contributed by atoms with Crippen molar-refractivity contribution in [2.24, 2.45) is 0 Å². The fourth-order valence-electron chi connectivity index (χ4n) is 12.9. The molecule has 4 N–H and O–H groups in total. The van der Waals surface area contributed by atoms with Crippen LogP contribution in [0.3, 0.4) is 0 Å². The molecule has 4 aliphatic heterocycles. The highest BCUT2D eigenvalue weighted by Gasteiger charge is 2.62. The van der Waals surface area contributed by atoms with Gasteiger partial charge in [-0.15, -0.1) is 0 Å². The Morgan fingerprint density at radius 2 is 0.721 bits per heavy atom. The number of imide groups is 2. The first-order valence-electron chi connectivity index (χ1n) is 27.4.